The molecule has 0 unspecified atom stereocenters. The highest BCUT2D eigenvalue weighted by Gasteiger charge is 2.32. The Morgan fingerprint density at radius 1 is 0.625 bits per heavy atom. The molecule has 3 atom stereocenters. The molecular weight excluding hydrogens is 496 g/mol. The summed E-state index contributed by atoms with van der Waals surface area (Å²) in [5.41, 5.74) is 4.02. The molecule has 0 heterocycles. The molecule has 2 amide bonds. The molecular formula is C35H38N2O3. The molecule has 0 fully saturated rings. The molecule has 0 radical (unpaired) electrons. The van der Waals surface area contributed by atoms with Crippen LogP contribution in [0.25, 0.3) is 0 Å². The predicted molar refractivity (Wildman–Crippen MR) is 159 cm³/mol. The van der Waals surface area contributed by atoms with E-state index in [1.165, 1.54) is 0 Å². The first-order valence-corrected chi connectivity index (χ1v) is 13.9. The van der Waals surface area contributed by atoms with Crippen LogP contribution in [0.3, 0.4) is 0 Å². The van der Waals surface area contributed by atoms with Crippen LogP contribution in [0.15, 0.2) is 121 Å². The van der Waals surface area contributed by atoms with Crippen molar-refractivity contribution in [1.29, 1.82) is 0 Å². The summed E-state index contributed by atoms with van der Waals surface area (Å²) in [5.74, 6) is -0.466. The monoisotopic (exact) mass is 534 g/mol. The number of ether oxygens (including phenoxy) is 1. The van der Waals surface area contributed by atoms with E-state index in [0.29, 0.717) is 6.54 Å². The molecule has 0 N–H and O–H groups in total. The van der Waals surface area contributed by atoms with E-state index < -0.39 is 12.0 Å². The lowest BCUT2D eigenvalue weighted by molar-refractivity contribution is -0.140. The number of rotatable bonds is 11. The van der Waals surface area contributed by atoms with Crippen molar-refractivity contribution in [3.05, 3.63) is 144 Å². The molecule has 5 nitrogen and oxygen atoms in total. The van der Waals surface area contributed by atoms with E-state index in [0.717, 1.165) is 22.3 Å². The van der Waals surface area contributed by atoms with Crippen LogP contribution < -0.4 is 0 Å². The fraction of sp³-hybridized carbons (Fsp3) is 0.257. The summed E-state index contributed by atoms with van der Waals surface area (Å²) in [5, 5.41) is 0. The minimum absolute atomic E-state index is 0.0124. The van der Waals surface area contributed by atoms with Crippen molar-refractivity contribution in [2.75, 3.05) is 6.54 Å². The molecule has 0 aliphatic carbocycles. The molecule has 4 aromatic carbocycles. The standard InChI is InChI=1S/C35H38N2O3/c1-27(24-36(25-30-16-8-4-9-17-30)35(39)40-26-31-18-10-5-11-19-31)34(38)37(28(2)32-20-12-6-13-21-32)29(3)33-22-14-7-15-23-33/h4-23,27-29H,24-26H2,1-3H3/t27-,28+,29+/m0/s1. The van der Waals surface area contributed by atoms with Crippen LogP contribution in [0.4, 0.5) is 4.79 Å². The van der Waals surface area contributed by atoms with Gasteiger partial charge in [-0.15, -0.1) is 0 Å². The summed E-state index contributed by atoms with van der Waals surface area (Å²) in [4.78, 5) is 31.1. The first-order chi connectivity index (χ1) is 19.4. The summed E-state index contributed by atoms with van der Waals surface area (Å²) >= 11 is 0. The minimum atomic E-state index is -0.453. The summed E-state index contributed by atoms with van der Waals surface area (Å²) in [6, 6.07) is 39.3. The van der Waals surface area contributed by atoms with Crippen LogP contribution in [0.5, 0.6) is 0 Å². The van der Waals surface area contributed by atoms with E-state index in [1.807, 2.05) is 109 Å². The molecule has 5 heteroatoms. The highest BCUT2D eigenvalue weighted by molar-refractivity contribution is 5.80. The van der Waals surface area contributed by atoms with Crippen molar-refractivity contribution < 1.29 is 14.3 Å². The van der Waals surface area contributed by atoms with E-state index in [9.17, 15) is 9.59 Å². The number of amides is 2. The number of carbonyl (C=O) groups is 2. The average Bonchev–Trinajstić information content (AvgIpc) is 3.01. The third kappa shape index (κ3) is 7.60. The van der Waals surface area contributed by atoms with Gasteiger partial charge in [0, 0.05) is 13.1 Å². The fourth-order valence-corrected chi connectivity index (χ4v) is 4.98. The van der Waals surface area contributed by atoms with Gasteiger partial charge in [0.25, 0.3) is 0 Å². The van der Waals surface area contributed by atoms with Crippen molar-refractivity contribution in [1.82, 2.24) is 9.80 Å². The molecule has 0 bridgehead atoms. The van der Waals surface area contributed by atoms with Gasteiger partial charge in [0.1, 0.15) is 6.61 Å². The molecule has 0 saturated carbocycles. The van der Waals surface area contributed by atoms with E-state index in [2.05, 4.69) is 38.1 Å². The largest absolute Gasteiger partial charge is 0.445 e. The molecule has 4 aromatic rings. The molecule has 0 aliphatic rings. The Balaban J connectivity index is 1.56. The lowest BCUT2D eigenvalue weighted by Gasteiger charge is -2.38. The smallest absolute Gasteiger partial charge is 0.410 e. The zero-order valence-electron chi connectivity index (χ0n) is 23.5. The quantitative estimate of drug-likeness (QED) is 0.197. The minimum Gasteiger partial charge on any atom is -0.445 e. The summed E-state index contributed by atoms with van der Waals surface area (Å²) in [6.45, 7) is 6.79. The van der Waals surface area contributed by atoms with Crippen molar-refractivity contribution >= 4 is 12.0 Å². The van der Waals surface area contributed by atoms with Gasteiger partial charge in [-0.25, -0.2) is 4.79 Å². The van der Waals surface area contributed by atoms with Crippen LogP contribution in [-0.4, -0.2) is 28.3 Å². The number of hydrogen-bond acceptors (Lipinski definition) is 3. The second-order valence-electron chi connectivity index (χ2n) is 10.2. The molecule has 0 aromatic heterocycles. The number of hydrogen-bond donors (Lipinski definition) is 0. The van der Waals surface area contributed by atoms with Crippen molar-refractivity contribution in [2.45, 2.75) is 46.0 Å². The Morgan fingerprint density at radius 2 is 1.05 bits per heavy atom. The molecule has 40 heavy (non-hydrogen) atoms. The molecule has 0 saturated heterocycles. The zero-order valence-corrected chi connectivity index (χ0v) is 23.5. The lowest BCUT2D eigenvalue weighted by atomic mass is 9.98. The Labute approximate surface area is 238 Å². The Morgan fingerprint density at radius 3 is 1.52 bits per heavy atom. The van der Waals surface area contributed by atoms with E-state index in [4.69, 9.17) is 4.74 Å². The normalized spacial score (nSPS) is 13.1. The van der Waals surface area contributed by atoms with E-state index in [1.54, 1.807) is 4.90 Å². The maximum Gasteiger partial charge on any atom is 0.410 e. The molecule has 206 valence electrons. The Bertz CT molecular complexity index is 1280. The lowest BCUT2D eigenvalue weighted by Crippen LogP contribution is -2.44. The Kier molecular flexibility index (Phi) is 10.1. The van der Waals surface area contributed by atoms with Crippen LogP contribution in [0, 0.1) is 5.92 Å². The van der Waals surface area contributed by atoms with Crippen LogP contribution in [0.2, 0.25) is 0 Å². The van der Waals surface area contributed by atoms with Gasteiger partial charge in [0.05, 0.1) is 18.0 Å². The fourth-order valence-electron chi connectivity index (χ4n) is 4.98. The molecule has 4 rings (SSSR count). The average molecular weight is 535 g/mol. The van der Waals surface area contributed by atoms with Gasteiger partial charge in [-0.3, -0.25) is 4.79 Å². The highest BCUT2D eigenvalue weighted by atomic mass is 16.6. The molecule has 0 spiro atoms. The zero-order chi connectivity index (χ0) is 28.3. The van der Waals surface area contributed by atoms with Crippen molar-refractivity contribution in [3.63, 3.8) is 0 Å². The topological polar surface area (TPSA) is 49.9 Å². The van der Waals surface area contributed by atoms with Gasteiger partial charge >= 0.3 is 6.09 Å². The first-order valence-electron chi connectivity index (χ1n) is 13.9. The van der Waals surface area contributed by atoms with E-state index >= 15 is 0 Å². The first kappa shape index (κ1) is 28.6. The van der Waals surface area contributed by atoms with Crippen LogP contribution in [0.1, 0.15) is 55.1 Å². The highest BCUT2D eigenvalue weighted by Crippen LogP contribution is 2.32. The summed E-state index contributed by atoms with van der Waals surface area (Å²) in [6.07, 6.45) is -0.439. The third-order valence-electron chi connectivity index (χ3n) is 7.25. The maximum atomic E-state index is 14.2. The second-order valence-corrected chi connectivity index (χ2v) is 10.2. The number of benzene rings is 4. The van der Waals surface area contributed by atoms with Crippen molar-refractivity contribution in [3.8, 4) is 0 Å². The van der Waals surface area contributed by atoms with Crippen LogP contribution in [-0.2, 0) is 22.7 Å². The third-order valence-corrected chi connectivity index (χ3v) is 7.25. The van der Waals surface area contributed by atoms with Gasteiger partial charge in [-0.1, -0.05) is 128 Å². The van der Waals surface area contributed by atoms with Crippen molar-refractivity contribution in [2.24, 2.45) is 5.92 Å². The number of carbonyl (C=O) groups excluding carboxylic acids is 2. The summed E-state index contributed by atoms with van der Waals surface area (Å²) in [7, 11) is 0. The van der Waals surface area contributed by atoms with E-state index in [-0.39, 0.29) is 31.1 Å². The van der Waals surface area contributed by atoms with Gasteiger partial charge in [-0.2, -0.15) is 0 Å². The van der Waals surface area contributed by atoms with Gasteiger partial charge in [0.15, 0.2) is 0 Å². The SMILES string of the molecule is C[C@H](c1ccccc1)N(C(=O)[C@@H](C)CN(Cc1ccccc1)C(=O)OCc1ccccc1)[C@H](C)c1ccccc1. The number of nitrogens with zero attached hydrogens (tertiary/aromatic N) is 2. The Hall–Kier alpha value is -4.38. The second kappa shape index (κ2) is 14.1. The predicted octanol–water partition coefficient (Wildman–Crippen LogP) is 7.81. The molecule has 0 aliphatic heterocycles. The van der Waals surface area contributed by atoms with Gasteiger partial charge < -0.3 is 14.5 Å². The maximum absolute atomic E-state index is 14.2. The van der Waals surface area contributed by atoms with Crippen LogP contribution >= 0.6 is 0 Å². The van der Waals surface area contributed by atoms with Gasteiger partial charge in [0.2, 0.25) is 5.91 Å². The van der Waals surface area contributed by atoms with Gasteiger partial charge in [-0.05, 0) is 36.1 Å². The summed E-state index contributed by atoms with van der Waals surface area (Å²) < 4.78 is 5.70.